The fourth-order valence-corrected chi connectivity index (χ4v) is 4.57. The average Bonchev–Trinajstić information content (AvgIpc) is 3.02. The van der Waals surface area contributed by atoms with E-state index in [4.69, 9.17) is 16.7 Å². The molecule has 0 atom stereocenters. The lowest BCUT2D eigenvalue weighted by atomic mass is 10.0. The van der Waals surface area contributed by atoms with Crippen molar-refractivity contribution in [2.45, 2.75) is 31.7 Å². The Bertz CT molecular complexity index is 1010. The van der Waals surface area contributed by atoms with Crippen LogP contribution in [-0.2, 0) is 17.6 Å². The van der Waals surface area contributed by atoms with Crippen LogP contribution in [0.1, 0.15) is 30.0 Å². The Morgan fingerprint density at radius 3 is 2.45 bits per heavy atom. The van der Waals surface area contributed by atoms with E-state index in [0.29, 0.717) is 11.2 Å². The highest BCUT2D eigenvalue weighted by atomic mass is 35.5. The fraction of sp³-hybridized carbons (Fsp3) is 0.348. The van der Waals surface area contributed by atoms with Crippen molar-refractivity contribution in [1.29, 1.82) is 0 Å². The minimum atomic E-state index is -0.831. The molecule has 0 bridgehead atoms. The number of carbonyl (C=O) groups is 1. The Hall–Kier alpha value is -2.37. The number of likely N-dealkylation sites (tertiary alicyclic amines) is 1. The third-order valence-corrected chi connectivity index (χ3v) is 6.06. The average molecular weight is 415 g/mol. The molecule has 6 heteroatoms. The van der Waals surface area contributed by atoms with Gasteiger partial charge >= 0.3 is 5.97 Å². The third kappa shape index (κ3) is 4.62. The zero-order chi connectivity index (χ0) is 20.4. The zero-order valence-corrected chi connectivity index (χ0v) is 16.9. The van der Waals surface area contributed by atoms with Crippen LogP contribution in [0.15, 0.2) is 48.5 Å². The fourth-order valence-electron chi connectivity index (χ4n) is 4.23. The molecule has 4 nitrogen and oxygen atoms in total. The first-order valence-corrected chi connectivity index (χ1v) is 10.4. The van der Waals surface area contributed by atoms with Crippen LogP contribution in [-0.4, -0.2) is 40.2 Å². The van der Waals surface area contributed by atoms with Crippen LogP contribution in [0.4, 0.5) is 4.39 Å². The summed E-state index contributed by atoms with van der Waals surface area (Å²) in [6, 6.07) is 14.8. The smallest absolute Gasteiger partial charge is 0.307 e. The lowest BCUT2D eigenvalue weighted by Gasteiger charge is -2.33. The predicted molar refractivity (Wildman–Crippen MR) is 113 cm³/mol. The summed E-state index contributed by atoms with van der Waals surface area (Å²) in [5.41, 5.74) is 2.95. The van der Waals surface area contributed by atoms with Crippen molar-refractivity contribution in [3.05, 3.63) is 70.6 Å². The number of benzene rings is 2. The van der Waals surface area contributed by atoms with Gasteiger partial charge in [0.15, 0.2) is 0 Å². The summed E-state index contributed by atoms with van der Waals surface area (Å²) < 4.78 is 15.2. The largest absolute Gasteiger partial charge is 0.481 e. The number of fused-ring (bicyclic) bond motifs is 1. The monoisotopic (exact) mass is 414 g/mol. The van der Waals surface area contributed by atoms with Gasteiger partial charge in [-0.3, -0.25) is 4.79 Å². The summed E-state index contributed by atoms with van der Waals surface area (Å²) in [5.74, 6) is -1.03. The minimum Gasteiger partial charge on any atom is -0.481 e. The number of halogens is 2. The molecule has 0 amide bonds. The van der Waals surface area contributed by atoms with Gasteiger partial charge in [0.25, 0.3) is 0 Å². The highest BCUT2D eigenvalue weighted by Gasteiger charge is 2.23. The van der Waals surface area contributed by atoms with Crippen LogP contribution in [0.25, 0.3) is 10.9 Å². The molecule has 1 saturated heterocycles. The molecule has 1 aliphatic heterocycles. The molecule has 1 aliphatic rings. The highest BCUT2D eigenvalue weighted by molar-refractivity contribution is 6.31. The van der Waals surface area contributed by atoms with Gasteiger partial charge in [0.2, 0.25) is 0 Å². The maximum atomic E-state index is 13.0. The Balaban J connectivity index is 1.42. The van der Waals surface area contributed by atoms with Crippen molar-refractivity contribution in [2.75, 3.05) is 19.6 Å². The van der Waals surface area contributed by atoms with Gasteiger partial charge in [0, 0.05) is 36.6 Å². The second kappa shape index (κ2) is 8.56. The molecule has 29 heavy (non-hydrogen) atoms. The summed E-state index contributed by atoms with van der Waals surface area (Å²) in [4.78, 5) is 13.5. The van der Waals surface area contributed by atoms with Crippen LogP contribution in [0.3, 0.4) is 0 Å². The van der Waals surface area contributed by atoms with Crippen LogP contribution < -0.4 is 0 Å². The molecule has 0 radical (unpaired) electrons. The Kier molecular flexibility index (Phi) is 5.88. The van der Waals surface area contributed by atoms with Gasteiger partial charge in [-0.15, -0.1) is 0 Å². The standard InChI is InChI=1S/C23H24ClFN2O2/c24-22-15-18-4-1-17(14-23(28)29)13-21(18)27(22)20-8-11-26(12-9-20)10-7-16-2-5-19(25)6-3-16/h1-6,13,15,20H,7-12,14H2,(H,28,29). The van der Waals surface area contributed by atoms with Gasteiger partial charge < -0.3 is 14.6 Å². The second-order valence-electron chi connectivity index (χ2n) is 7.75. The number of carboxylic acids is 1. The maximum absolute atomic E-state index is 13.0. The van der Waals surface area contributed by atoms with Crippen LogP contribution >= 0.6 is 11.6 Å². The SMILES string of the molecule is O=C(O)Cc1ccc2cc(Cl)n(C3CCN(CCc4ccc(F)cc4)CC3)c2c1. The van der Waals surface area contributed by atoms with Crippen LogP contribution in [0, 0.1) is 5.82 Å². The van der Waals surface area contributed by atoms with Gasteiger partial charge in [0.05, 0.1) is 6.42 Å². The molecule has 2 heterocycles. The third-order valence-electron chi connectivity index (χ3n) is 5.77. The number of aromatic nitrogens is 1. The number of piperidine rings is 1. The zero-order valence-electron chi connectivity index (χ0n) is 16.2. The van der Waals surface area contributed by atoms with Crippen LogP contribution in [0.5, 0.6) is 0 Å². The highest BCUT2D eigenvalue weighted by Crippen LogP contribution is 2.33. The summed E-state index contributed by atoms with van der Waals surface area (Å²) in [6.07, 6.45) is 2.92. The number of nitrogens with zero attached hydrogens (tertiary/aromatic N) is 2. The molecular weight excluding hydrogens is 391 g/mol. The maximum Gasteiger partial charge on any atom is 0.307 e. The Morgan fingerprint density at radius 1 is 1.07 bits per heavy atom. The molecule has 1 N–H and O–H groups in total. The first kappa shape index (κ1) is 19.9. The predicted octanol–water partition coefficient (Wildman–Crippen LogP) is 4.94. The quantitative estimate of drug-likeness (QED) is 0.621. The van der Waals surface area contributed by atoms with Crippen molar-refractivity contribution < 1.29 is 14.3 Å². The van der Waals surface area contributed by atoms with Crippen molar-refractivity contribution in [1.82, 2.24) is 9.47 Å². The first-order valence-electron chi connectivity index (χ1n) is 9.97. The van der Waals surface area contributed by atoms with Crippen molar-refractivity contribution in [2.24, 2.45) is 0 Å². The molecule has 0 aliphatic carbocycles. The molecule has 2 aromatic carbocycles. The van der Waals surface area contributed by atoms with Gasteiger partial charge in [-0.25, -0.2) is 4.39 Å². The molecule has 152 valence electrons. The van der Waals surface area contributed by atoms with E-state index in [1.54, 1.807) is 0 Å². The van der Waals surface area contributed by atoms with Gasteiger partial charge in [-0.1, -0.05) is 35.9 Å². The summed E-state index contributed by atoms with van der Waals surface area (Å²) in [5, 5.41) is 10.8. The topological polar surface area (TPSA) is 45.5 Å². The molecule has 4 rings (SSSR count). The molecule has 0 unspecified atom stereocenters. The van der Waals surface area contributed by atoms with E-state index in [9.17, 15) is 9.18 Å². The molecule has 0 saturated carbocycles. The van der Waals surface area contributed by atoms with E-state index in [-0.39, 0.29) is 12.2 Å². The number of hydrogen-bond acceptors (Lipinski definition) is 2. The molecular formula is C23H24ClFN2O2. The van der Waals surface area contributed by atoms with Crippen molar-refractivity contribution >= 4 is 28.5 Å². The number of hydrogen-bond donors (Lipinski definition) is 1. The summed E-state index contributed by atoms with van der Waals surface area (Å²) >= 11 is 6.55. The van der Waals surface area contributed by atoms with Crippen molar-refractivity contribution in [3.8, 4) is 0 Å². The lowest BCUT2D eigenvalue weighted by Crippen LogP contribution is -2.36. The van der Waals surface area contributed by atoms with Gasteiger partial charge in [-0.2, -0.15) is 0 Å². The van der Waals surface area contributed by atoms with E-state index in [1.807, 2.05) is 36.4 Å². The molecule has 1 aromatic heterocycles. The summed E-state index contributed by atoms with van der Waals surface area (Å²) in [6.45, 7) is 2.93. The van der Waals surface area contributed by atoms with Crippen LogP contribution in [0.2, 0.25) is 5.15 Å². The van der Waals surface area contributed by atoms with Gasteiger partial charge in [-0.05, 0) is 54.7 Å². The van der Waals surface area contributed by atoms with E-state index < -0.39 is 5.97 Å². The summed E-state index contributed by atoms with van der Waals surface area (Å²) in [7, 11) is 0. The number of aliphatic carboxylic acids is 1. The van der Waals surface area contributed by atoms with E-state index in [0.717, 1.165) is 60.9 Å². The molecule has 3 aromatic rings. The first-order chi connectivity index (χ1) is 14.0. The van der Waals surface area contributed by atoms with E-state index >= 15 is 0 Å². The number of carboxylic acid groups (broad SMARTS) is 1. The number of rotatable bonds is 6. The van der Waals surface area contributed by atoms with Gasteiger partial charge in [0.1, 0.15) is 11.0 Å². The Morgan fingerprint density at radius 2 is 1.76 bits per heavy atom. The molecule has 1 fully saturated rings. The molecule has 0 spiro atoms. The second-order valence-corrected chi connectivity index (χ2v) is 8.14. The normalized spacial score (nSPS) is 15.8. The lowest BCUT2D eigenvalue weighted by molar-refractivity contribution is -0.136. The minimum absolute atomic E-state index is 0.0145. The van der Waals surface area contributed by atoms with E-state index in [2.05, 4.69) is 9.47 Å². The van der Waals surface area contributed by atoms with E-state index in [1.165, 1.54) is 12.1 Å². The van der Waals surface area contributed by atoms with Crippen molar-refractivity contribution in [3.63, 3.8) is 0 Å². The Labute approximate surface area is 174 Å².